The molecule has 1 heterocycles. The van der Waals surface area contributed by atoms with Crippen LogP contribution in [0.4, 0.5) is 0 Å². The molecular weight excluding hydrogens is 416 g/mol. The summed E-state index contributed by atoms with van der Waals surface area (Å²) in [5.74, 6) is 0.301. The van der Waals surface area contributed by atoms with Crippen LogP contribution in [0.5, 0.6) is 11.5 Å². The fraction of sp³-hybridized carbons (Fsp3) is 0.250. The Morgan fingerprint density at radius 1 is 1.14 bits per heavy atom. The number of rotatable bonds is 7. The van der Waals surface area contributed by atoms with E-state index in [1.54, 1.807) is 48.9 Å². The number of thiazole rings is 1. The number of ether oxygens (including phenoxy) is 3. The van der Waals surface area contributed by atoms with E-state index in [2.05, 4.69) is 4.99 Å². The molecule has 29 heavy (non-hydrogen) atoms. The Balaban J connectivity index is 1.89. The zero-order valence-corrected chi connectivity index (χ0v) is 17.5. The van der Waals surface area contributed by atoms with Crippen molar-refractivity contribution in [2.75, 3.05) is 20.3 Å². The first-order valence-electron chi connectivity index (χ1n) is 8.79. The van der Waals surface area contributed by atoms with Gasteiger partial charge in [-0.25, -0.2) is 0 Å². The number of aromatic nitrogens is 1. The first-order chi connectivity index (χ1) is 14.0. The molecule has 0 unspecified atom stereocenters. The van der Waals surface area contributed by atoms with Gasteiger partial charge in [-0.2, -0.15) is 4.99 Å². The zero-order chi connectivity index (χ0) is 20.8. The number of hydrogen-bond acceptors (Lipinski definition) is 6. The Morgan fingerprint density at radius 2 is 1.86 bits per heavy atom. The fourth-order valence-corrected chi connectivity index (χ4v) is 3.77. The van der Waals surface area contributed by atoms with Crippen LogP contribution >= 0.6 is 22.9 Å². The van der Waals surface area contributed by atoms with E-state index in [0.717, 1.165) is 10.2 Å². The lowest BCUT2D eigenvalue weighted by Gasteiger charge is -2.06. The third kappa shape index (κ3) is 5.36. The van der Waals surface area contributed by atoms with E-state index in [-0.39, 0.29) is 19.8 Å². The second-order valence-corrected chi connectivity index (χ2v) is 7.30. The molecule has 0 aliphatic rings. The summed E-state index contributed by atoms with van der Waals surface area (Å²) in [6.07, 6.45) is 0. The molecule has 152 valence electrons. The highest BCUT2D eigenvalue weighted by molar-refractivity contribution is 7.16. The maximum atomic E-state index is 12.4. The van der Waals surface area contributed by atoms with Gasteiger partial charge in [0.2, 0.25) is 0 Å². The molecule has 0 atom stereocenters. The van der Waals surface area contributed by atoms with Crippen LogP contribution in [-0.2, 0) is 20.9 Å². The van der Waals surface area contributed by atoms with Crippen LogP contribution in [0.2, 0.25) is 5.02 Å². The van der Waals surface area contributed by atoms with Gasteiger partial charge in [0, 0.05) is 5.02 Å². The normalized spacial score (nSPS) is 11.5. The standard InChI is InChI=1S/C20H19ClN2O5S/c1-3-27-19(25)11-23-16-9-8-15(26-2)10-17(16)29-20(23)22-18(24)12-28-14-6-4-13(21)5-7-14/h4-10H,3,11-12H2,1-2H3. The number of carbonyl (C=O) groups is 2. The lowest BCUT2D eigenvalue weighted by atomic mass is 10.3. The molecule has 1 aromatic heterocycles. The van der Waals surface area contributed by atoms with Gasteiger partial charge in [0.05, 0.1) is 23.9 Å². The number of amides is 1. The molecule has 0 bridgehead atoms. The number of benzene rings is 2. The second kappa shape index (κ2) is 9.58. The highest BCUT2D eigenvalue weighted by atomic mass is 35.5. The van der Waals surface area contributed by atoms with Crippen LogP contribution in [0.3, 0.4) is 0 Å². The van der Waals surface area contributed by atoms with Gasteiger partial charge in [-0.05, 0) is 49.4 Å². The van der Waals surface area contributed by atoms with Crippen molar-refractivity contribution in [3.63, 3.8) is 0 Å². The van der Waals surface area contributed by atoms with Crippen LogP contribution in [0.15, 0.2) is 47.5 Å². The number of fused-ring (bicyclic) bond motifs is 1. The Kier molecular flexibility index (Phi) is 6.90. The largest absolute Gasteiger partial charge is 0.497 e. The van der Waals surface area contributed by atoms with Gasteiger partial charge in [-0.1, -0.05) is 22.9 Å². The molecule has 1 amide bonds. The summed E-state index contributed by atoms with van der Waals surface area (Å²) in [7, 11) is 1.57. The summed E-state index contributed by atoms with van der Waals surface area (Å²) in [6, 6.07) is 12.1. The van der Waals surface area contributed by atoms with Gasteiger partial charge in [-0.3, -0.25) is 9.59 Å². The SMILES string of the molecule is CCOC(=O)Cn1c(=NC(=O)COc2ccc(Cl)cc2)sc2cc(OC)ccc21. The van der Waals surface area contributed by atoms with E-state index in [9.17, 15) is 9.59 Å². The minimum Gasteiger partial charge on any atom is -0.497 e. The average molecular weight is 435 g/mol. The Bertz CT molecular complexity index is 1090. The number of halogens is 1. The number of carbonyl (C=O) groups excluding carboxylic acids is 2. The molecule has 0 fully saturated rings. The van der Waals surface area contributed by atoms with Gasteiger partial charge < -0.3 is 18.8 Å². The predicted octanol–water partition coefficient (Wildman–Crippen LogP) is 3.43. The number of hydrogen-bond donors (Lipinski definition) is 0. The number of nitrogens with zero attached hydrogens (tertiary/aromatic N) is 2. The van der Waals surface area contributed by atoms with E-state index in [1.807, 2.05) is 12.1 Å². The van der Waals surface area contributed by atoms with E-state index in [0.29, 0.717) is 21.3 Å². The third-order valence-corrected chi connectivity index (χ3v) is 5.17. The average Bonchev–Trinajstić information content (AvgIpc) is 3.03. The number of esters is 1. The van der Waals surface area contributed by atoms with Crippen molar-refractivity contribution in [2.24, 2.45) is 4.99 Å². The maximum absolute atomic E-state index is 12.4. The lowest BCUT2D eigenvalue weighted by molar-refractivity contribution is -0.143. The Morgan fingerprint density at radius 3 is 2.55 bits per heavy atom. The van der Waals surface area contributed by atoms with Crippen LogP contribution in [0.25, 0.3) is 10.2 Å². The highest BCUT2D eigenvalue weighted by Gasteiger charge is 2.13. The molecular formula is C20H19ClN2O5S. The van der Waals surface area contributed by atoms with Crippen molar-refractivity contribution >= 4 is 45.0 Å². The van der Waals surface area contributed by atoms with E-state index in [1.165, 1.54) is 11.3 Å². The Labute approximate surface area is 176 Å². The fourth-order valence-electron chi connectivity index (χ4n) is 2.57. The quantitative estimate of drug-likeness (QED) is 0.532. The molecule has 0 aliphatic heterocycles. The summed E-state index contributed by atoms with van der Waals surface area (Å²) in [5, 5.41) is 0.578. The molecule has 2 aromatic carbocycles. The van der Waals surface area contributed by atoms with Gasteiger partial charge in [0.15, 0.2) is 11.4 Å². The first kappa shape index (κ1) is 20.9. The second-order valence-electron chi connectivity index (χ2n) is 5.86. The zero-order valence-electron chi connectivity index (χ0n) is 15.9. The number of methoxy groups -OCH3 is 1. The lowest BCUT2D eigenvalue weighted by Crippen LogP contribution is -2.24. The van der Waals surface area contributed by atoms with Crippen LogP contribution in [-0.4, -0.2) is 36.8 Å². The predicted molar refractivity (Wildman–Crippen MR) is 111 cm³/mol. The van der Waals surface area contributed by atoms with Crippen LogP contribution in [0.1, 0.15) is 6.92 Å². The molecule has 7 nitrogen and oxygen atoms in total. The maximum Gasteiger partial charge on any atom is 0.326 e. The van der Waals surface area contributed by atoms with Crippen molar-refractivity contribution in [1.29, 1.82) is 0 Å². The molecule has 9 heteroatoms. The molecule has 0 spiro atoms. The van der Waals surface area contributed by atoms with E-state index in [4.69, 9.17) is 25.8 Å². The van der Waals surface area contributed by atoms with Gasteiger partial charge in [0.1, 0.15) is 18.0 Å². The first-order valence-corrected chi connectivity index (χ1v) is 9.98. The van der Waals surface area contributed by atoms with E-state index >= 15 is 0 Å². The monoisotopic (exact) mass is 434 g/mol. The summed E-state index contributed by atoms with van der Waals surface area (Å²) in [6.45, 7) is 1.72. The third-order valence-electron chi connectivity index (χ3n) is 3.88. The van der Waals surface area contributed by atoms with Gasteiger partial charge in [-0.15, -0.1) is 0 Å². The van der Waals surface area contributed by atoms with Crippen molar-refractivity contribution in [3.8, 4) is 11.5 Å². The topological polar surface area (TPSA) is 79.1 Å². The van der Waals surface area contributed by atoms with Crippen molar-refractivity contribution in [3.05, 3.63) is 52.3 Å². The highest BCUT2D eigenvalue weighted by Crippen LogP contribution is 2.23. The molecule has 0 saturated carbocycles. The van der Waals surface area contributed by atoms with Crippen molar-refractivity contribution in [2.45, 2.75) is 13.5 Å². The van der Waals surface area contributed by atoms with Crippen molar-refractivity contribution in [1.82, 2.24) is 4.57 Å². The van der Waals surface area contributed by atoms with Gasteiger partial charge >= 0.3 is 5.97 Å². The van der Waals surface area contributed by atoms with E-state index < -0.39 is 11.9 Å². The Hall–Kier alpha value is -2.84. The molecule has 0 N–H and O–H groups in total. The molecule has 3 aromatic rings. The molecule has 3 rings (SSSR count). The molecule has 0 radical (unpaired) electrons. The molecule has 0 aliphatic carbocycles. The van der Waals surface area contributed by atoms with Crippen LogP contribution in [0, 0.1) is 0 Å². The summed E-state index contributed by atoms with van der Waals surface area (Å²) >= 11 is 7.11. The minimum atomic E-state index is -0.476. The molecule has 0 saturated heterocycles. The van der Waals surface area contributed by atoms with Gasteiger partial charge in [0.25, 0.3) is 5.91 Å². The van der Waals surface area contributed by atoms with Crippen molar-refractivity contribution < 1.29 is 23.8 Å². The summed E-state index contributed by atoms with van der Waals surface area (Å²) < 4.78 is 18.2. The smallest absolute Gasteiger partial charge is 0.326 e. The van der Waals surface area contributed by atoms with Crippen LogP contribution < -0.4 is 14.3 Å². The summed E-state index contributed by atoms with van der Waals surface area (Å²) in [5.41, 5.74) is 0.758. The summed E-state index contributed by atoms with van der Waals surface area (Å²) in [4.78, 5) is 28.9. The minimum absolute atomic E-state index is 0.0513.